The van der Waals surface area contributed by atoms with Crippen molar-refractivity contribution in [1.29, 1.82) is 0 Å². The van der Waals surface area contributed by atoms with Crippen LogP contribution in [0.4, 0.5) is 0 Å². The van der Waals surface area contributed by atoms with Gasteiger partial charge in [-0.3, -0.25) is 9.36 Å². The number of hydrogen-bond donors (Lipinski definition) is 0. The number of aromatic nitrogens is 1. The highest BCUT2D eigenvalue weighted by molar-refractivity contribution is 7.07. The van der Waals surface area contributed by atoms with Crippen molar-refractivity contribution in [3.63, 3.8) is 0 Å². The van der Waals surface area contributed by atoms with E-state index in [1.807, 2.05) is 55.5 Å². The van der Waals surface area contributed by atoms with E-state index >= 15 is 0 Å². The van der Waals surface area contributed by atoms with Gasteiger partial charge in [0.25, 0.3) is 5.56 Å². The first-order chi connectivity index (χ1) is 21.2. The molecule has 0 fully saturated rings. The summed E-state index contributed by atoms with van der Waals surface area (Å²) in [6.45, 7) is 8.58. The van der Waals surface area contributed by atoms with Crippen LogP contribution < -0.4 is 19.6 Å². The van der Waals surface area contributed by atoms with Crippen molar-refractivity contribution in [2.24, 2.45) is 4.99 Å². The molecule has 9 heteroatoms. The molecule has 2 heterocycles. The van der Waals surface area contributed by atoms with E-state index in [0.29, 0.717) is 60.9 Å². The van der Waals surface area contributed by atoms with Gasteiger partial charge in [-0.1, -0.05) is 98.1 Å². The van der Waals surface area contributed by atoms with Crippen molar-refractivity contribution < 1.29 is 14.3 Å². The van der Waals surface area contributed by atoms with Crippen molar-refractivity contribution in [3.05, 3.63) is 130 Å². The molecule has 0 amide bonds. The summed E-state index contributed by atoms with van der Waals surface area (Å²) in [5.74, 6) is 0.452. The molecular weight excluding hydrogens is 615 g/mol. The number of hydrogen-bond acceptors (Lipinski definition) is 6. The minimum absolute atomic E-state index is 0.220. The fourth-order valence-corrected chi connectivity index (χ4v) is 6.60. The van der Waals surface area contributed by atoms with Crippen LogP contribution in [-0.4, -0.2) is 17.1 Å². The maximum atomic E-state index is 14.2. The number of fused-ring (bicyclic) bond motifs is 1. The van der Waals surface area contributed by atoms with E-state index in [1.54, 1.807) is 35.8 Å². The Morgan fingerprint density at radius 1 is 1.05 bits per heavy atom. The summed E-state index contributed by atoms with van der Waals surface area (Å²) in [5, 5.41) is 1.14. The number of carbonyl (C=O) groups excluding carboxylic acids is 1. The van der Waals surface area contributed by atoms with E-state index in [1.165, 1.54) is 16.9 Å². The van der Waals surface area contributed by atoms with Gasteiger partial charge in [0.15, 0.2) is 4.80 Å². The van der Waals surface area contributed by atoms with Gasteiger partial charge in [-0.2, -0.15) is 0 Å². The van der Waals surface area contributed by atoms with Gasteiger partial charge in [0.1, 0.15) is 12.4 Å². The lowest BCUT2D eigenvalue weighted by Gasteiger charge is -2.26. The van der Waals surface area contributed by atoms with Gasteiger partial charge in [-0.25, -0.2) is 9.79 Å². The molecule has 6 nitrogen and oxygen atoms in total. The number of benzene rings is 3. The smallest absolute Gasteiger partial charge is 0.338 e. The summed E-state index contributed by atoms with van der Waals surface area (Å²) in [6.07, 6.45) is 3.14. The molecule has 0 saturated heterocycles. The van der Waals surface area contributed by atoms with Crippen molar-refractivity contribution in [2.45, 2.75) is 59.1 Å². The lowest BCUT2D eigenvalue weighted by atomic mass is 9.92. The summed E-state index contributed by atoms with van der Waals surface area (Å²) in [4.78, 5) is 33.0. The third kappa shape index (κ3) is 6.85. The second-order valence-electron chi connectivity index (χ2n) is 10.8. The van der Waals surface area contributed by atoms with Gasteiger partial charge < -0.3 is 9.47 Å². The molecule has 0 saturated carbocycles. The van der Waals surface area contributed by atoms with Crippen molar-refractivity contribution >= 4 is 46.6 Å². The average Bonchev–Trinajstić information content (AvgIpc) is 3.30. The zero-order valence-electron chi connectivity index (χ0n) is 25.1. The molecule has 0 aliphatic carbocycles. The fraction of sp³-hybridized carbons (Fsp3) is 0.286. The molecule has 0 radical (unpaired) electrons. The first-order valence-electron chi connectivity index (χ1n) is 14.7. The van der Waals surface area contributed by atoms with Crippen molar-refractivity contribution in [2.75, 3.05) is 6.61 Å². The summed E-state index contributed by atoms with van der Waals surface area (Å²) in [6, 6.07) is 20.2. The minimum Gasteiger partial charge on any atom is -0.488 e. The Labute approximate surface area is 270 Å². The second kappa shape index (κ2) is 14.0. The molecule has 0 bridgehead atoms. The normalized spacial score (nSPS) is 14.9. The van der Waals surface area contributed by atoms with E-state index in [2.05, 4.69) is 13.8 Å². The number of rotatable bonds is 10. The van der Waals surface area contributed by atoms with Crippen LogP contribution in [0.15, 0.2) is 87.8 Å². The lowest BCUT2D eigenvalue weighted by Crippen LogP contribution is -2.40. The van der Waals surface area contributed by atoms with Crippen LogP contribution in [0, 0.1) is 0 Å². The molecule has 1 atom stereocenters. The molecular formula is C35H34Cl2N2O4S. The number of halogens is 2. The third-order valence-electron chi connectivity index (χ3n) is 7.35. The first-order valence-corrected chi connectivity index (χ1v) is 16.3. The van der Waals surface area contributed by atoms with Crippen LogP contribution >= 0.6 is 34.5 Å². The van der Waals surface area contributed by atoms with Gasteiger partial charge in [0.2, 0.25) is 0 Å². The van der Waals surface area contributed by atoms with Crippen LogP contribution in [0.3, 0.4) is 0 Å². The van der Waals surface area contributed by atoms with Crippen LogP contribution in [0.2, 0.25) is 10.0 Å². The van der Waals surface area contributed by atoms with Crippen LogP contribution in [0.25, 0.3) is 6.08 Å². The Balaban J connectivity index is 1.65. The van der Waals surface area contributed by atoms with Gasteiger partial charge >= 0.3 is 5.97 Å². The summed E-state index contributed by atoms with van der Waals surface area (Å²) in [5.41, 5.74) is 4.34. The maximum Gasteiger partial charge on any atom is 0.338 e. The molecule has 3 aromatic carbocycles. The van der Waals surface area contributed by atoms with Gasteiger partial charge in [-0.15, -0.1) is 0 Å². The Morgan fingerprint density at radius 2 is 1.80 bits per heavy atom. The largest absolute Gasteiger partial charge is 0.488 e. The molecule has 1 aliphatic heterocycles. The Hall–Kier alpha value is -3.65. The SMILES string of the molecule is CCCC1=C(C(=O)OCC)[C@H](c2ccc(C(C)C)cc2)n2c(s/c(=C\c3cc(Cl)ccc3OCc3cccc(Cl)c3)c2=O)=N1. The van der Waals surface area contributed by atoms with Gasteiger partial charge in [-0.05, 0) is 72.4 Å². The zero-order valence-corrected chi connectivity index (χ0v) is 27.4. The van der Waals surface area contributed by atoms with Crippen LogP contribution in [-0.2, 0) is 16.1 Å². The monoisotopic (exact) mass is 648 g/mol. The first kappa shape index (κ1) is 31.8. The van der Waals surface area contributed by atoms with E-state index in [-0.39, 0.29) is 12.2 Å². The Bertz CT molecular complexity index is 1890. The number of ether oxygens (including phenoxy) is 2. The number of carbonyl (C=O) groups is 1. The fourth-order valence-electron chi connectivity index (χ4n) is 5.19. The third-order valence-corrected chi connectivity index (χ3v) is 8.81. The highest BCUT2D eigenvalue weighted by Crippen LogP contribution is 2.33. The predicted molar refractivity (Wildman–Crippen MR) is 177 cm³/mol. The van der Waals surface area contributed by atoms with Gasteiger partial charge in [0.05, 0.1) is 28.5 Å². The van der Waals surface area contributed by atoms with Crippen molar-refractivity contribution in [1.82, 2.24) is 4.57 Å². The molecule has 0 unspecified atom stereocenters. The lowest BCUT2D eigenvalue weighted by molar-refractivity contribution is -0.139. The zero-order chi connectivity index (χ0) is 31.4. The quantitative estimate of drug-likeness (QED) is 0.166. The van der Waals surface area contributed by atoms with Crippen LogP contribution in [0.1, 0.15) is 74.8 Å². The van der Waals surface area contributed by atoms with E-state index in [9.17, 15) is 9.59 Å². The Morgan fingerprint density at radius 3 is 2.48 bits per heavy atom. The van der Waals surface area contributed by atoms with E-state index < -0.39 is 12.0 Å². The molecule has 44 heavy (non-hydrogen) atoms. The highest BCUT2D eigenvalue weighted by Gasteiger charge is 2.34. The molecule has 5 rings (SSSR count). The number of nitrogens with zero attached hydrogens (tertiary/aromatic N) is 2. The molecule has 1 aliphatic rings. The van der Waals surface area contributed by atoms with E-state index in [4.69, 9.17) is 37.7 Å². The second-order valence-corrected chi connectivity index (χ2v) is 12.7. The van der Waals surface area contributed by atoms with E-state index in [0.717, 1.165) is 17.5 Å². The molecule has 1 aromatic heterocycles. The van der Waals surface area contributed by atoms with Crippen molar-refractivity contribution in [3.8, 4) is 5.75 Å². The standard InChI is InChI=1S/C35H34Cl2N2O4S/c1-5-8-28-31(34(41)42-6-2)32(24-13-11-23(12-14-24)21(3)4)39-33(40)30(44-35(39)38-28)19-25-18-27(37)15-16-29(25)43-20-22-9-7-10-26(36)17-22/h7,9-19,21,32H,5-6,8,20H2,1-4H3/b30-19-/t32-/m0/s1. The molecule has 228 valence electrons. The summed E-state index contributed by atoms with van der Waals surface area (Å²) < 4.78 is 13.7. The molecule has 0 spiro atoms. The number of thiazole rings is 1. The molecule has 4 aromatic rings. The predicted octanol–water partition coefficient (Wildman–Crippen LogP) is 7.59. The molecule has 0 N–H and O–H groups in total. The number of allylic oxidation sites excluding steroid dienone is 1. The number of esters is 1. The maximum absolute atomic E-state index is 14.2. The van der Waals surface area contributed by atoms with Crippen LogP contribution in [0.5, 0.6) is 5.75 Å². The minimum atomic E-state index is -0.673. The highest BCUT2D eigenvalue weighted by atomic mass is 35.5. The summed E-state index contributed by atoms with van der Waals surface area (Å²) >= 11 is 13.8. The Kier molecular flexibility index (Phi) is 10.1. The topological polar surface area (TPSA) is 69.9 Å². The average molecular weight is 650 g/mol. The van der Waals surface area contributed by atoms with Gasteiger partial charge in [0, 0.05) is 15.6 Å². The summed E-state index contributed by atoms with van der Waals surface area (Å²) in [7, 11) is 0.